The maximum atomic E-state index is 10.7. The number of halogens is 1. The van der Waals surface area contributed by atoms with Gasteiger partial charge in [0.25, 0.3) is 0 Å². The third-order valence-electron chi connectivity index (χ3n) is 2.89. The van der Waals surface area contributed by atoms with Crippen LogP contribution in [0.3, 0.4) is 0 Å². The van der Waals surface area contributed by atoms with Gasteiger partial charge in [-0.15, -0.1) is 0 Å². The van der Waals surface area contributed by atoms with E-state index in [1.807, 2.05) is 12.1 Å². The zero-order chi connectivity index (χ0) is 11.5. The Morgan fingerprint density at radius 1 is 1.50 bits per heavy atom. The summed E-state index contributed by atoms with van der Waals surface area (Å²) in [5, 5.41) is 0. The van der Waals surface area contributed by atoms with Crippen LogP contribution >= 0.6 is 15.9 Å². The molecule has 0 aromatic heterocycles. The summed E-state index contributed by atoms with van der Waals surface area (Å²) in [5.74, 6) is 0. The number of nitrogens with zero attached hydrogens (tertiary/aromatic N) is 1. The van der Waals surface area contributed by atoms with Crippen molar-refractivity contribution in [1.82, 2.24) is 0 Å². The van der Waals surface area contributed by atoms with Crippen molar-refractivity contribution in [2.75, 3.05) is 11.4 Å². The molecule has 2 rings (SSSR count). The fraction of sp³-hybridized carbons (Fsp3) is 0.462. The van der Waals surface area contributed by atoms with Gasteiger partial charge >= 0.3 is 0 Å². The molecule has 0 unspecified atom stereocenters. The number of rotatable bonds is 5. The Hall–Kier alpha value is -0.830. The van der Waals surface area contributed by atoms with Crippen LogP contribution in [-0.4, -0.2) is 18.9 Å². The third kappa shape index (κ3) is 2.46. The van der Waals surface area contributed by atoms with Crippen LogP contribution in [0.25, 0.3) is 0 Å². The Morgan fingerprint density at radius 2 is 2.25 bits per heavy atom. The van der Waals surface area contributed by atoms with E-state index < -0.39 is 0 Å². The lowest BCUT2D eigenvalue weighted by molar-refractivity contribution is 0.112. The van der Waals surface area contributed by atoms with E-state index in [0.717, 1.165) is 29.3 Å². The number of benzene rings is 1. The first kappa shape index (κ1) is 11.6. The van der Waals surface area contributed by atoms with Gasteiger partial charge in [0.1, 0.15) is 0 Å². The van der Waals surface area contributed by atoms with E-state index in [4.69, 9.17) is 0 Å². The average Bonchev–Trinajstić information content (AvgIpc) is 3.09. The van der Waals surface area contributed by atoms with E-state index in [-0.39, 0.29) is 0 Å². The second kappa shape index (κ2) is 5.00. The number of hydrogen-bond acceptors (Lipinski definition) is 2. The Labute approximate surface area is 105 Å². The number of hydrogen-bond donors (Lipinski definition) is 0. The quantitative estimate of drug-likeness (QED) is 0.768. The summed E-state index contributed by atoms with van der Waals surface area (Å²) < 4.78 is 0.891. The van der Waals surface area contributed by atoms with Crippen molar-refractivity contribution in [2.45, 2.75) is 32.2 Å². The van der Waals surface area contributed by atoms with Gasteiger partial charge in [-0.3, -0.25) is 4.79 Å². The molecule has 0 N–H and O–H groups in total. The summed E-state index contributed by atoms with van der Waals surface area (Å²) in [4.78, 5) is 13.2. The van der Waals surface area contributed by atoms with Gasteiger partial charge in [-0.2, -0.15) is 0 Å². The zero-order valence-electron chi connectivity index (χ0n) is 9.45. The molecule has 0 aliphatic heterocycles. The summed E-state index contributed by atoms with van der Waals surface area (Å²) in [6, 6.07) is 6.70. The zero-order valence-corrected chi connectivity index (χ0v) is 11.0. The molecule has 16 heavy (non-hydrogen) atoms. The maximum absolute atomic E-state index is 10.7. The van der Waals surface area contributed by atoms with E-state index >= 15 is 0 Å². The molecule has 1 aromatic carbocycles. The number of anilines is 1. The van der Waals surface area contributed by atoms with Crippen molar-refractivity contribution in [3.05, 3.63) is 28.2 Å². The predicted octanol–water partition coefficient (Wildman–Crippen LogP) is 3.64. The van der Waals surface area contributed by atoms with Gasteiger partial charge in [-0.1, -0.05) is 6.92 Å². The number of aldehydes is 1. The Kier molecular flexibility index (Phi) is 3.64. The van der Waals surface area contributed by atoms with Gasteiger partial charge in [-0.05, 0) is 53.4 Å². The maximum Gasteiger partial charge on any atom is 0.151 e. The first-order valence-corrected chi connectivity index (χ1v) is 6.57. The topological polar surface area (TPSA) is 20.3 Å². The Balaban J connectivity index is 2.23. The molecule has 1 aliphatic rings. The van der Waals surface area contributed by atoms with Gasteiger partial charge in [0.15, 0.2) is 6.29 Å². The van der Waals surface area contributed by atoms with Gasteiger partial charge in [-0.25, -0.2) is 0 Å². The van der Waals surface area contributed by atoms with Crippen molar-refractivity contribution < 1.29 is 4.79 Å². The van der Waals surface area contributed by atoms with E-state index in [1.165, 1.54) is 18.5 Å². The molecule has 3 heteroatoms. The van der Waals surface area contributed by atoms with Crippen LogP contribution in [0, 0.1) is 0 Å². The van der Waals surface area contributed by atoms with E-state index in [0.29, 0.717) is 6.04 Å². The first-order chi connectivity index (χ1) is 7.76. The highest BCUT2D eigenvalue weighted by Gasteiger charge is 2.28. The highest BCUT2D eigenvalue weighted by molar-refractivity contribution is 9.10. The predicted molar refractivity (Wildman–Crippen MR) is 70.2 cm³/mol. The lowest BCUT2D eigenvalue weighted by Crippen LogP contribution is -2.26. The van der Waals surface area contributed by atoms with Crippen molar-refractivity contribution >= 4 is 27.9 Å². The minimum absolute atomic E-state index is 0.717. The van der Waals surface area contributed by atoms with Gasteiger partial charge in [0.2, 0.25) is 0 Å². The smallest absolute Gasteiger partial charge is 0.151 e. The largest absolute Gasteiger partial charge is 0.369 e. The molecular formula is C13H16BrNO. The molecule has 0 atom stereocenters. The molecular weight excluding hydrogens is 266 g/mol. The second-order valence-corrected chi connectivity index (χ2v) is 5.10. The van der Waals surface area contributed by atoms with E-state index in [9.17, 15) is 4.79 Å². The molecule has 0 bridgehead atoms. The molecule has 0 radical (unpaired) electrons. The van der Waals surface area contributed by atoms with Gasteiger partial charge < -0.3 is 4.90 Å². The molecule has 0 heterocycles. The van der Waals surface area contributed by atoms with Gasteiger partial charge in [0, 0.05) is 28.3 Å². The van der Waals surface area contributed by atoms with Crippen molar-refractivity contribution in [1.29, 1.82) is 0 Å². The summed E-state index contributed by atoms with van der Waals surface area (Å²) in [7, 11) is 0. The van der Waals surface area contributed by atoms with Crippen LogP contribution in [0.5, 0.6) is 0 Å². The van der Waals surface area contributed by atoms with Crippen molar-refractivity contribution in [3.8, 4) is 0 Å². The molecule has 1 aliphatic carbocycles. The van der Waals surface area contributed by atoms with Crippen LogP contribution in [0.4, 0.5) is 5.69 Å². The first-order valence-electron chi connectivity index (χ1n) is 5.77. The summed E-state index contributed by atoms with van der Waals surface area (Å²) >= 11 is 3.44. The van der Waals surface area contributed by atoms with Crippen LogP contribution < -0.4 is 4.90 Å². The van der Waals surface area contributed by atoms with E-state index in [1.54, 1.807) is 0 Å². The van der Waals surface area contributed by atoms with Crippen molar-refractivity contribution in [2.24, 2.45) is 0 Å². The summed E-state index contributed by atoms with van der Waals surface area (Å²) in [6.45, 7) is 3.29. The highest BCUT2D eigenvalue weighted by Crippen LogP contribution is 2.33. The average molecular weight is 282 g/mol. The monoisotopic (exact) mass is 281 g/mol. The van der Waals surface area contributed by atoms with Gasteiger partial charge in [0.05, 0.1) is 0 Å². The standard InChI is InChI=1S/C13H16BrNO/c1-2-7-15(11-5-6-11)12-4-3-10(9-16)13(14)8-12/h3-4,8-9,11H,2,5-7H2,1H3. The molecule has 1 aromatic rings. The molecule has 1 fully saturated rings. The fourth-order valence-electron chi connectivity index (χ4n) is 1.94. The third-order valence-corrected chi connectivity index (χ3v) is 3.58. The number of carbonyl (C=O) groups is 1. The summed E-state index contributed by atoms with van der Waals surface area (Å²) in [5.41, 5.74) is 1.94. The van der Waals surface area contributed by atoms with Crippen LogP contribution in [-0.2, 0) is 0 Å². The SMILES string of the molecule is CCCN(c1ccc(C=O)c(Br)c1)C1CC1. The normalized spacial score (nSPS) is 14.9. The summed E-state index contributed by atoms with van der Waals surface area (Å²) in [6.07, 6.45) is 4.64. The lowest BCUT2D eigenvalue weighted by Gasteiger charge is -2.24. The second-order valence-electron chi connectivity index (χ2n) is 4.25. The van der Waals surface area contributed by atoms with Crippen molar-refractivity contribution in [3.63, 3.8) is 0 Å². The molecule has 0 saturated heterocycles. The minimum Gasteiger partial charge on any atom is -0.369 e. The number of carbonyl (C=O) groups excluding carboxylic acids is 1. The van der Waals surface area contributed by atoms with Crippen LogP contribution in [0.1, 0.15) is 36.5 Å². The molecule has 0 amide bonds. The lowest BCUT2D eigenvalue weighted by atomic mass is 10.2. The minimum atomic E-state index is 0.717. The van der Waals surface area contributed by atoms with Crippen LogP contribution in [0.15, 0.2) is 22.7 Å². The molecule has 2 nitrogen and oxygen atoms in total. The Bertz CT molecular complexity index is 388. The molecule has 86 valence electrons. The molecule has 1 saturated carbocycles. The van der Waals surface area contributed by atoms with Crippen LogP contribution in [0.2, 0.25) is 0 Å². The van der Waals surface area contributed by atoms with E-state index in [2.05, 4.69) is 33.8 Å². The Morgan fingerprint density at radius 3 is 2.75 bits per heavy atom. The highest BCUT2D eigenvalue weighted by atomic mass is 79.9. The fourth-order valence-corrected chi connectivity index (χ4v) is 2.40. The molecule has 0 spiro atoms.